The molecule has 66 heavy (non-hydrogen) atoms. The summed E-state index contributed by atoms with van der Waals surface area (Å²) in [7, 11) is 0. The second kappa shape index (κ2) is 15.8. The zero-order valence-electron chi connectivity index (χ0n) is 35.9. The summed E-state index contributed by atoms with van der Waals surface area (Å²) < 4.78 is 7.65. The summed E-state index contributed by atoms with van der Waals surface area (Å²) in [6.07, 6.45) is -0.168. The molecule has 1 aromatic heterocycles. The molecule has 2 atom stereocenters. The Bertz CT molecular complexity index is 3910. The van der Waals surface area contributed by atoms with E-state index in [2.05, 4.69) is 238 Å². The van der Waals surface area contributed by atoms with Crippen molar-refractivity contribution in [1.82, 2.24) is 8.10 Å². The van der Waals surface area contributed by atoms with E-state index in [1.807, 2.05) is 0 Å². The van der Waals surface area contributed by atoms with Crippen LogP contribution in [0.5, 0.6) is 0 Å². The molecule has 0 bridgehead atoms. The van der Waals surface area contributed by atoms with Crippen molar-refractivity contribution < 1.29 is 26.5 Å². The second-order valence-corrected chi connectivity index (χ2v) is 19.8. The van der Waals surface area contributed by atoms with Crippen molar-refractivity contribution >= 4 is 70.7 Å². The van der Waals surface area contributed by atoms with Crippen LogP contribution in [0, 0.1) is 3.57 Å². The van der Waals surface area contributed by atoms with Crippen LogP contribution in [0.3, 0.4) is 0 Å². The molecular weight excluding hydrogens is 916 g/mol. The molecule has 13 rings (SSSR count). The minimum atomic E-state index is -0.567. The number of fused-ring (bicyclic) bond motifs is 11. The zero-order valence-corrected chi connectivity index (χ0v) is 38.1. The Kier molecular flexibility index (Phi) is 9.32. The van der Waals surface area contributed by atoms with Crippen molar-refractivity contribution in [3.05, 3.63) is 256 Å². The van der Waals surface area contributed by atoms with E-state index >= 15 is 0 Å². The molecule has 0 radical (unpaired) electrons. The van der Waals surface area contributed by atoms with Gasteiger partial charge in [0.25, 0.3) is 0 Å². The molecule has 0 saturated heterocycles. The maximum absolute atomic E-state index is 7.01. The number of nitrogens with zero attached hydrogens (tertiary/aromatic N) is 1. The van der Waals surface area contributed by atoms with Crippen LogP contribution < -0.4 is 35.7 Å². The molecule has 4 nitrogen and oxygen atoms in total. The van der Waals surface area contributed by atoms with Gasteiger partial charge < -0.3 is 0 Å². The number of hydrogen-bond acceptors (Lipinski definition) is 1. The third kappa shape index (κ3) is 6.57. The molecule has 11 aromatic carbocycles. The van der Waals surface area contributed by atoms with Gasteiger partial charge >= 0.3 is 260 Å². The number of halogens is 1. The van der Waals surface area contributed by atoms with Crippen LogP contribution in [0.15, 0.2) is 224 Å². The Morgan fingerprint density at radius 2 is 1.11 bits per heavy atom. The summed E-state index contributed by atoms with van der Waals surface area (Å²) in [6.45, 7) is 0. The van der Waals surface area contributed by atoms with Crippen LogP contribution >= 0.6 is 0 Å². The summed E-state index contributed by atoms with van der Waals surface area (Å²) >= 11 is -0.567. The van der Waals surface area contributed by atoms with Gasteiger partial charge in [0, 0.05) is 5.92 Å². The molecular formula is C61H43IN4. The minimum absolute atomic E-state index is 0.119. The number of nitrogens with two attached hydrogens (primary N) is 1. The Morgan fingerprint density at radius 3 is 1.92 bits per heavy atom. The Labute approximate surface area is 393 Å². The van der Waals surface area contributed by atoms with Gasteiger partial charge in [-0.25, -0.2) is 0 Å². The van der Waals surface area contributed by atoms with Gasteiger partial charge in [0.15, 0.2) is 0 Å². The Balaban J connectivity index is 0.882. The molecule has 12 aromatic rings. The summed E-state index contributed by atoms with van der Waals surface area (Å²) in [5, 5.41) is 12.6. The van der Waals surface area contributed by atoms with E-state index in [9.17, 15) is 0 Å². The van der Waals surface area contributed by atoms with Crippen LogP contribution in [0.4, 0.5) is 0 Å². The molecule has 1 aliphatic rings. The number of nitrogen functional groups attached to an aromatic ring is 1. The molecule has 314 valence electrons. The standard InChI is InChI=1S/C61H42IN4/c63-60(64-61(40-13-2-1-3-14-40)65-62-47-27-31-50-45(32-47)23-22-38-12-8-9-19-49(38)50)39-24-28-48(29-25-39)66-57-37-46(26-30-52(57)55-34-42-16-6-7-18-44(42)36-58(55)66)59-53-21-11-10-20-51(53)54-33-41-15-4-5-17-43(41)35-56(54)59/h1-37,59,61,65H,(H2,63,64)/q-1/p+1. The average molecular weight is 959 g/mol. The first-order valence-corrected chi connectivity index (χ1v) is 24.7. The van der Waals surface area contributed by atoms with Crippen LogP contribution in [0.1, 0.15) is 39.9 Å². The summed E-state index contributed by atoms with van der Waals surface area (Å²) in [5.41, 5.74) is 19.2. The molecule has 0 saturated carbocycles. The fraction of sp³-hybridized carbons (Fsp3) is 0.0328. The first-order valence-electron chi connectivity index (χ1n) is 22.6. The van der Waals surface area contributed by atoms with Gasteiger partial charge in [-0.3, -0.25) is 0 Å². The van der Waals surface area contributed by atoms with Crippen molar-refractivity contribution in [3.63, 3.8) is 0 Å². The van der Waals surface area contributed by atoms with Gasteiger partial charge in [-0.1, -0.05) is 78.9 Å². The molecule has 0 amide bonds. The number of benzene rings is 11. The average Bonchev–Trinajstić information content (AvgIpc) is 3.87. The molecule has 2 unspecified atom stereocenters. The van der Waals surface area contributed by atoms with E-state index in [1.165, 1.54) is 96.3 Å². The van der Waals surface area contributed by atoms with Crippen LogP contribution in [0.2, 0.25) is 0 Å². The molecule has 0 spiro atoms. The monoisotopic (exact) mass is 958 g/mol. The van der Waals surface area contributed by atoms with Crippen LogP contribution in [-0.4, -0.2) is 10.4 Å². The summed E-state index contributed by atoms with van der Waals surface area (Å²) in [6, 6.07) is 82.3. The quantitative estimate of drug-likeness (QED) is 0.0355. The van der Waals surface area contributed by atoms with E-state index in [0.29, 0.717) is 5.84 Å². The van der Waals surface area contributed by atoms with E-state index in [0.717, 1.165) is 16.8 Å². The molecule has 1 aliphatic carbocycles. The second-order valence-electron chi connectivity index (χ2n) is 17.4. The van der Waals surface area contributed by atoms with E-state index in [4.69, 9.17) is 5.73 Å². The third-order valence-electron chi connectivity index (χ3n) is 13.6. The molecule has 1 heterocycles. The molecule has 5 heteroatoms. The summed E-state index contributed by atoms with van der Waals surface area (Å²) in [4.78, 5) is 3.68. The van der Waals surface area contributed by atoms with Crippen molar-refractivity contribution in [1.29, 1.82) is 0 Å². The zero-order chi connectivity index (χ0) is 43.7. The van der Waals surface area contributed by atoms with Gasteiger partial charge in [-0.05, 0) is 50.5 Å². The number of aromatic nitrogens is 1. The molecule has 0 aliphatic heterocycles. The normalized spacial score (nSPS) is 14.2. The van der Waals surface area contributed by atoms with Gasteiger partial charge in [0.2, 0.25) is 0 Å². The fourth-order valence-corrected chi connectivity index (χ4v) is 12.5. The van der Waals surface area contributed by atoms with E-state index in [1.54, 1.807) is 0 Å². The maximum atomic E-state index is 7.01. The predicted molar refractivity (Wildman–Crippen MR) is 270 cm³/mol. The Morgan fingerprint density at radius 1 is 0.470 bits per heavy atom. The van der Waals surface area contributed by atoms with Crippen molar-refractivity contribution in [3.8, 4) is 16.8 Å². The van der Waals surface area contributed by atoms with Crippen molar-refractivity contribution in [2.45, 2.75) is 12.1 Å². The molecule has 4 N–H and O–H groups in total. The van der Waals surface area contributed by atoms with Gasteiger partial charge in [-0.15, -0.1) is 0 Å². The van der Waals surface area contributed by atoms with Crippen LogP contribution in [-0.2, 0) is 0 Å². The van der Waals surface area contributed by atoms with E-state index in [-0.39, 0.29) is 12.1 Å². The van der Waals surface area contributed by atoms with Crippen LogP contribution in [0.25, 0.3) is 81.7 Å². The number of nitrogens with one attached hydrogen (secondary N) is 2. The van der Waals surface area contributed by atoms with Gasteiger partial charge in [-0.2, -0.15) is 0 Å². The SMILES string of the molecule is NC(=[NH+]C(N[I-]c1ccc2c(ccc3ccccc32)c1)c1ccccc1)c1ccc(-n2c3cc(C4c5ccccc5-c5cc6ccccc6cc54)ccc3c3cc4ccccc4cc32)cc1. The number of amidine groups is 1. The number of hydrogen-bond donors (Lipinski definition) is 3. The van der Waals surface area contributed by atoms with Gasteiger partial charge in [0.1, 0.15) is 0 Å². The topological polar surface area (TPSA) is 57.0 Å². The first kappa shape index (κ1) is 38.8. The first-order chi connectivity index (χ1) is 32.6. The van der Waals surface area contributed by atoms with E-state index < -0.39 is 21.5 Å². The van der Waals surface area contributed by atoms with Crippen molar-refractivity contribution in [2.24, 2.45) is 5.73 Å². The van der Waals surface area contributed by atoms with Crippen molar-refractivity contribution in [2.75, 3.05) is 0 Å². The molecule has 0 fully saturated rings. The predicted octanol–water partition coefficient (Wildman–Crippen LogP) is 9.51. The fourth-order valence-electron chi connectivity index (χ4n) is 10.4. The summed E-state index contributed by atoms with van der Waals surface area (Å²) in [5.74, 6) is 0.743. The Hall–Kier alpha value is -7.58. The third-order valence-corrected chi connectivity index (χ3v) is 15.9. The van der Waals surface area contributed by atoms with Gasteiger partial charge in [0.05, 0.1) is 0 Å². The number of rotatable bonds is 8.